The van der Waals surface area contributed by atoms with E-state index >= 15 is 0 Å². The van der Waals surface area contributed by atoms with Crippen molar-refractivity contribution in [2.24, 2.45) is 0 Å². The summed E-state index contributed by atoms with van der Waals surface area (Å²) in [4.78, 5) is 3.62. The van der Waals surface area contributed by atoms with E-state index < -0.39 is 0 Å². The molecule has 0 aliphatic carbocycles. The largest absolute Gasteiger partial charge is 0.463 e. The van der Waals surface area contributed by atoms with Gasteiger partial charge in [-0.15, -0.1) is 0 Å². The van der Waals surface area contributed by atoms with Crippen molar-refractivity contribution in [2.45, 2.75) is 25.5 Å². The summed E-state index contributed by atoms with van der Waals surface area (Å²) in [6.45, 7) is 4.42. The standard InChI is InChI=1S/C13H19N3O2S/c19-13-14-9-15(7-11-3-1-5-17-11)10-16(13)8-12-4-2-6-18-12/h1,3,5,12H,2,4,6-10H2,(H,14,19)/p+1/t12-/m0/s1. The van der Waals surface area contributed by atoms with Crippen molar-refractivity contribution in [1.82, 2.24) is 10.2 Å². The summed E-state index contributed by atoms with van der Waals surface area (Å²) >= 11 is 5.39. The van der Waals surface area contributed by atoms with Crippen LogP contribution < -0.4 is 10.2 Å². The minimum absolute atomic E-state index is 0.336. The molecule has 2 fully saturated rings. The Morgan fingerprint density at radius 3 is 3.21 bits per heavy atom. The third-order valence-corrected chi connectivity index (χ3v) is 4.05. The number of rotatable bonds is 4. The Kier molecular flexibility index (Phi) is 4.00. The summed E-state index contributed by atoms with van der Waals surface area (Å²) < 4.78 is 11.1. The SMILES string of the molecule is S=C1NC[NH+](Cc2ccco2)CN1C[C@@H]1CCCO1. The van der Waals surface area contributed by atoms with Gasteiger partial charge in [-0.3, -0.25) is 9.80 Å². The fraction of sp³-hybridized carbons (Fsp3) is 0.615. The number of furan rings is 1. The zero-order chi connectivity index (χ0) is 13.1. The lowest BCUT2D eigenvalue weighted by Crippen LogP contribution is -3.16. The Hall–Kier alpha value is -1.11. The maximum absolute atomic E-state index is 5.69. The number of nitrogens with zero attached hydrogens (tertiary/aromatic N) is 1. The molecule has 3 rings (SSSR count). The van der Waals surface area contributed by atoms with Gasteiger partial charge in [0.2, 0.25) is 0 Å². The fourth-order valence-electron chi connectivity index (χ4n) is 2.67. The molecular formula is C13H20N3O2S+. The zero-order valence-electron chi connectivity index (χ0n) is 10.9. The molecule has 104 valence electrons. The van der Waals surface area contributed by atoms with Crippen LogP contribution >= 0.6 is 12.2 Å². The van der Waals surface area contributed by atoms with Gasteiger partial charge in [0.05, 0.1) is 18.9 Å². The number of hydrogen-bond acceptors (Lipinski definition) is 3. The van der Waals surface area contributed by atoms with Crippen LogP contribution in [0.15, 0.2) is 22.8 Å². The van der Waals surface area contributed by atoms with Gasteiger partial charge in [-0.2, -0.15) is 0 Å². The van der Waals surface area contributed by atoms with Crippen molar-refractivity contribution < 1.29 is 14.1 Å². The molecule has 19 heavy (non-hydrogen) atoms. The Morgan fingerprint density at radius 2 is 2.47 bits per heavy atom. The van der Waals surface area contributed by atoms with Crippen LogP contribution in [-0.4, -0.2) is 42.6 Å². The summed E-state index contributed by atoms with van der Waals surface area (Å²) in [6, 6.07) is 3.95. The molecule has 0 spiro atoms. The van der Waals surface area contributed by atoms with E-state index in [2.05, 4.69) is 10.2 Å². The van der Waals surface area contributed by atoms with Crippen molar-refractivity contribution in [3.05, 3.63) is 24.2 Å². The summed E-state index contributed by atoms with van der Waals surface area (Å²) in [6.07, 6.45) is 4.37. The highest BCUT2D eigenvalue weighted by atomic mass is 32.1. The van der Waals surface area contributed by atoms with Crippen molar-refractivity contribution in [3.63, 3.8) is 0 Å². The first-order valence-electron chi connectivity index (χ1n) is 6.81. The van der Waals surface area contributed by atoms with E-state index in [0.717, 1.165) is 50.3 Å². The van der Waals surface area contributed by atoms with Gasteiger partial charge in [0.1, 0.15) is 6.54 Å². The highest BCUT2D eigenvalue weighted by Gasteiger charge is 2.27. The molecule has 1 unspecified atom stereocenters. The van der Waals surface area contributed by atoms with Crippen LogP contribution in [0.4, 0.5) is 0 Å². The lowest BCUT2D eigenvalue weighted by molar-refractivity contribution is -0.928. The second-order valence-electron chi connectivity index (χ2n) is 5.18. The lowest BCUT2D eigenvalue weighted by Gasteiger charge is -2.35. The second-order valence-corrected chi connectivity index (χ2v) is 5.57. The predicted molar refractivity (Wildman–Crippen MR) is 74.5 cm³/mol. The number of nitrogens with one attached hydrogen (secondary N) is 2. The first kappa shape index (κ1) is 12.9. The van der Waals surface area contributed by atoms with E-state index in [-0.39, 0.29) is 0 Å². The maximum Gasteiger partial charge on any atom is 0.177 e. The van der Waals surface area contributed by atoms with Crippen molar-refractivity contribution >= 4 is 17.3 Å². The van der Waals surface area contributed by atoms with Crippen LogP contribution in [0.1, 0.15) is 18.6 Å². The van der Waals surface area contributed by atoms with Gasteiger partial charge in [-0.1, -0.05) is 0 Å². The average molecular weight is 282 g/mol. The van der Waals surface area contributed by atoms with E-state index in [9.17, 15) is 0 Å². The van der Waals surface area contributed by atoms with Crippen molar-refractivity contribution in [2.75, 3.05) is 26.5 Å². The topological polar surface area (TPSA) is 42.1 Å². The summed E-state index contributed by atoms with van der Waals surface area (Å²) in [7, 11) is 0. The second kappa shape index (κ2) is 5.90. The molecule has 1 aromatic heterocycles. The molecule has 6 heteroatoms. The van der Waals surface area contributed by atoms with E-state index in [0.29, 0.717) is 6.10 Å². The predicted octanol–water partition coefficient (Wildman–Crippen LogP) is -0.0514. The molecule has 0 aromatic carbocycles. The minimum atomic E-state index is 0.336. The van der Waals surface area contributed by atoms with Crippen LogP contribution in [0.25, 0.3) is 0 Å². The number of ether oxygens (including phenoxy) is 1. The van der Waals surface area contributed by atoms with Crippen LogP contribution in [-0.2, 0) is 11.3 Å². The number of quaternary nitrogens is 1. The van der Waals surface area contributed by atoms with Crippen molar-refractivity contribution in [1.29, 1.82) is 0 Å². The molecule has 3 heterocycles. The smallest absolute Gasteiger partial charge is 0.177 e. The normalized spacial score (nSPS) is 27.6. The summed E-state index contributed by atoms with van der Waals surface area (Å²) in [5.41, 5.74) is 0. The third-order valence-electron chi connectivity index (χ3n) is 3.64. The Bertz CT molecular complexity index is 418. The molecule has 0 amide bonds. The van der Waals surface area contributed by atoms with Gasteiger partial charge in [0, 0.05) is 6.61 Å². The monoisotopic (exact) mass is 282 g/mol. The molecule has 0 saturated carbocycles. The molecule has 2 saturated heterocycles. The molecule has 2 aliphatic rings. The van der Waals surface area contributed by atoms with Crippen molar-refractivity contribution in [3.8, 4) is 0 Å². The molecule has 5 nitrogen and oxygen atoms in total. The fourth-order valence-corrected chi connectivity index (χ4v) is 2.88. The van der Waals surface area contributed by atoms with Gasteiger partial charge in [-0.25, -0.2) is 0 Å². The Balaban J connectivity index is 1.55. The zero-order valence-corrected chi connectivity index (χ0v) is 11.7. The lowest BCUT2D eigenvalue weighted by atomic mass is 10.2. The van der Waals surface area contributed by atoms with Gasteiger partial charge < -0.3 is 14.5 Å². The molecule has 2 aliphatic heterocycles. The van der Waals surface area contributed by atoms with E-state index in [1.807, 2.05) is 12.1 Å². The van der Waals surface area contributed by atoms with E-state index in [4.69, 9.17) is 21.4 Å². The minimum Gasteiger partial charge on any atom is -0.463 e. The molecular weight excluding hydrogens is 262 g/mol. The van der Waals surface area contributed by atoms with Crippen LogP contribution in [0.5, 0.6) is 0 Å². The quantitative estimate of drug-likeness (QED) is 0.758. The van der Waals surface area contributed by atoms with Gasteiger partial charge in [-0.05, 0) is 37.2 Å². The van der Waals surface area contributed by atoms with Crippen LogP contribution in [0, 0.1) is 0 Å². The average Bonchev–Trinajstić information content (AvgIpc) is 3.07. The Morgan fingerprint density at radius 1 is 1.53 bits per heavy atom. The molecule has 0 radical (unpaired) electrons. The van der Waals surface area contributed by atoms with Gasteiger partial charge in [0.25, 0.3) is 0 Å². The first-order chi connectivity index (χ1) is 9.31. The third kappa shape index (κ3) is 3.26. The molecule has 0 bridgehead atoms. The Labute approximate surface area is 118 Å². The van der Waals surface area contributed by atoms with E-state index in [1.165, 1.54) is 11.3 Å². The summed E-state index contributed by atoms with van der Waals surface area (Å²) in [5, 5.41) is 4.14. The number of thiocarbonyl (C=S) groups is 1. The maximum atomic E-state index is 5.69. The molecule has 1 aromatic rings. The van der Waals surface area contributed by atoms with Crippen LogP contribution in [0.3, 0.4) is 0 Å². The van der Waals surface area contributed by atoms with Crippen LogP contribution in [0.2, 0.25) is 0 Å². The van der Waals surface area contributed by atoms with Gasteiger partial charge in [0.15, 0.2) is 24.2 Å². The van der Waals surface area contributed by atoms with E-state index in [1.54, 1.807) is 6.26 Å². The molecule has 2 atom stereocenters. The first-order valence-corrected chi connectivity index (χ1v) is 7.22. The highest BCUT2D eigenvalue weighted by Crippen LogP contribution is 2.13. The molecule has 2 N–H and O–H groups in total. The van der Waals surface area contributed by atoms with Gasteiger partial charge >= 0.3 is 0 Å². The highest BCUT2D eigenvalue weighted by molar-refractivity contribution is 7.80. The number of hydrogen-bond donors (Lipinski definition) is 2. The summed E-state index contributed by atoms with van der Waals surface area (Å²) in [5.74, 6) is 1.02.